The standard InChI is InChI=1S/C29H29N3O5.C23H30N4O4.C21H22N4O5/c1-2-36-29(35)25-26(30-16-18-31(19-17-30)27(33)24-13-8-20-37-24)22-11-6-7-12-23(22)32(28(25)34)15-14-21-9-4-3-5-10-21;1-3-31-23(30)19-20(17-6-4-5-7-18(17)25(2)22(19)29)26-12-14-27(15-13-26)21(28)16-8-10-24-11-9-16;1-3-29-21(28)17-18(14-6-4-5-7-15(14)23(2)20(17)27)24-10-12-25(13-11-24)19(26)16-8-9-22-30-16/h3-13,20H,2,14-19H2,1H3;4-7,16,24H,3,8-15H2,1-2H3;4-9H,3,10-13H2,1-2H3. The Morgan fingerprint density at radius 2 is 0.898 bits per heavy atom. The van der Waals surface area contributed by atoms with Crippen molar-refractivity contribution in [2.45, 2.75) is 46.6 Å². The number of nitrogens with one attached hydrogen (secondary N) is 1. The van der Waals surface area contributed by atoms with Crippen LogP contribution in [0.3, 0.4) is 0 Å². The maximum atomic E-state index is 13.9. The van der Waals surface area contributed by atoms with E-state index in [1.807, 2.05) is 118 Å². The predicted octanol–water partition coefficient (Wildman–Crippen LogP) is 7.01. The molecule has 13 rings (SSSR count). The summed E-state index contributed by atoms with van der Waals surface area (Å²) in [4.78, 5) is 128. The van der Waals surface area contributed by atoms with E-state index in [2.05, 4.69) is 15.4 Å². The van der Waals surface area contributed by atoms with Crippen LogP contribution in [0, 0.1) is 5.92 Å². The number of carbonyl (C=O) groups excluding carboxylic acids is 6. The fourth-order valence-electron chi connectivity index (χ4n) is 13.4. The van der Waals surface area contributed by atoms with Crippen molar-refractivity contribution in [3.8, 4) is 0 Å². The first-order chi connectivity index (χ1) is 47.6. The third-order valence-electron chi connectivity index (χ3n) is 18.3. The van der Waals surface area contributed by atoms with E-state index in [0.29, 0.717) is 114 Å². The lowest BCUT2D eigenvalue weighted by Gasteiger charge is -2.39. The fourth-order valence-corrected chi connectivity index (χ4v) is 13.4. The Bertz CT molecular complexity index is 4540. The van der Waals surface area contributed by atoms with E-state index >= 15 is 0 Å². The van der Waals surface area contributed by atoms with Crippen molar-refractivity contribution in [2.24, 2.45) is 20.0 Å². The smallest absolute Gasteiger partial charge is 0.345 e. The third kappa shape index (κ3) is 14.5. The van der Waals surface area contributed by atoms with Crippen LogP contribution in [-0.4, -0.2) is 181 Å². The number of hydrogen-bond donors (Lipinski definition) is 1. The van der Waals surface area contributed by atoms with Crippen LogP contribution in [0.15, 0.2) is 157 Å². The first-order valence-corrected chi connectivity index (χ1v) is 33.3. The van der Waals surface area contributed by atoms with Crippen LogP contribution in [0.4, 0.5) is 17.1 Å². The lowest BCUT2D eigenvalue weighted by molar-refractivity contribution is -0.136. The Balaban J connectivity index is 0.000000150. The van der Waals surface area contributed by atoms with Crippen molar-refractivity contribution >= 4 is 85.4 Å². The molecule has 0 radical (unpaired) electrons. The van der Waals surface area contributed by atoms with E-state index in [1.54, 1.807) is 61.4 Å². The molecule has 0 saturated carbocycles. The molecular weight excluding hydrogens is 1250 g/mol. The van der Waals surface area contributed by atoms with Crippen molar-refractivity contribution < 1.29 is 51.9 Å². The number of amides is 3. The zero-order valence-corrected chi connectivity index (χ0v) is 55.8. The first-order valence-electron chi connectivity index (χ1n) is 33.3. The Morgan fingerprint density at radius 1 is 0.480 bits per heavy atom. The molecule has 98 heavy (non-hydrogen) atoms. The van der Waals surface area contributed by atoms with Gasteiger partial charge in [-0.3, -0.25) is 28.8 Å². The molecule has 0 atom stereocenters. The number of benzene rings is 4. The van der Waals surface area contributed by atoms with Gasteiger partial charge in [0, 0.05) is 127 Å². The number of ether oxygens (including phenoxy) is 3. The molecular formula is C73H81N11O14. The summed E-state index contributed by atoms with van der Waals surface area (Å²) in [5, 5.41) is 9.32. The van der Waals surface area contributed by atoms with Gasteiger partial charge in [-0.05, 0) is 89.0 Å². The molecule has 0 bridgehead atoms. The number of para-hydroxylation sites is 3. The molecule has 25 nitrogen and oxygen atoms in total. The van der Waals surface area contributed by atoms with E-state index < -0.39 is 23.5 Å². The van der Waals surface area contributed by atoms with Crippen molar-refractivity contribution in [3.05, 3.63) is 199 Å². The summed E-state index contributed by atoms with van der Waals surface area (Å²) in [5.74, 6) is -1.47. The molecule has 0 unspecified atom stereocenters. The van der Waals surface area contributed by atoms with Crippen LogP contribution in [-0.2, 0) is 46.1 Å². The number of aromatic nitrogens is 4. The summed E-state index contributed by atoms with van der Waals surface area (Å²) >= 11 is 0. The molecule has 4 aromatic carbocycles. The van der Waals surface area contributed by atoms with Crippen molar-refractivity contribution in [3.63, 3.8) is 0 Å². The summed E-state index contributed by atoms with van der Waals surface area (Å²) in [7, 11) is 3.32. The van der Waals surface area contributed by atoms with Crippen molar-refractivity contribution in [2.75, 3.05) is 126 Å². The van der Waals surface area contributed by atoms with E-state index in [9.17, 15) is 43.2 Å². The Morgan fingerprint density at radius 3 is 1.34 bits per heavy atom. The second-order valence-corrected chi connectivity index (χ2v) is 24.1. The van der Waals surface area contributed by atoms with E-state index in [0.717, 1.165) is 64.2 Å². The minimum Gasteiger partial charge on any atom is -0.462 e. The van der Waals surface area contributed by atoms with Gasteiger partial charge in [-0.2, -0.15) is 0 Å². The first kappa shape index (κ1) is 68.6. The average molecular weight is 1340 g/mol. The van der Waals surface area contributed by atoms with Gasteiger partial charge in [0.2, 0.25) is 11.7 Å². The molecule has 4 aliphatic heterocycles. The van der Waals surface area contributed by atoms with Crippen molar-refractivity contribution in [1.29, 1.82) is 0 Å². The number of carbonyl (C=O) groups is 6. The quantitative estimate of drug-likeness (QED) is 0.0799. The van der Waals surface area contributed by atoms with E-state index in [-0.39, 0.29) is 77.0 Å². The molecule has 512 valence electrons. The van der Waals surface area contributed by atoms with Crippen LogP contribution in [0.1, 0.15) is 91.4 Å². The maximum absolute atomic E-state index is 13.9. The molecule has 4 aliphatic rings. The minimum absolute atomic E-state index is 0.0214. The van der Waals surface area contributed by atoms with Gasteiger partial charge in [0.15, 0.2) is 5.76 Å². The average Bonchev–Trinajstić information content (AvgIpc) is 0.993. The largest absolute Gasteiger partial charge is 0.462 e. The number of furan rings is 1. The van der Waals surface area contributed by atoms with Gasteiger partial charge in [0.05, 0.1) is 65.9 Å². The third-order valence-corrected chi connectivity index (χ3v) is 18.3. The van der Waals surface area contributed by atoms with Gasteiger partial charge in [-0.25, -0.2) is 14.4 Å². The summed E-state index contributed by atoms with van der Waals surface area (Å²) < 4.78 is 30.7. The number of aryl methyl sites for hydroxylation is 4. The Labute approximate surface area is 565 Å². The van der Waals surface area contributed by atoms with Gasteiger partial charge in [0.25, 0.3) is 28.5 Å². The predicted molar refractivity (Wildman–Crippen MR) is 370 cm³/mol. The molecule has 4 saturated heterocycles. The van der Waals surface area contributed by atoms with Crippen molar-refractivity contribution in [1.82, 2.24) is 38.9 Å². The van der Waals surface area contributed by atoms with Crippen LogP contribution >= 0.6 is 0 Å². The second kappa shape index (κ2) is 31.4. The topological polar surface area (TPSA) is 267 Å². The Kier molecular flexibility index (Phi) is 21.9. The molecule has 3 amide bonds. The number of piperidine rings is 1. The van der Waals surface area contributed by atoms with Crippen LogP contribution < -0.4 is 36.7 Å². The maximum Gasteiger partial charge on any atom is 0.345 e. The van der Waals surface area contributed by atoms with Gasteiger partial charge < -0.3 is 71.6 Å². The van der Waals surface area contributed by atoms with Gasteiger partial charge in [0.1, 0.15) is 16.7 Å². The highest BCUT2D eigenvalue weighted by atomic mass is 16.5. The molecule has 4 fully saturated rings. The summed E-state index contributed by atoms with van der Waals surface area (Å²) in [5.41, 5.74) is 4.12. The lowest BCUT2D eigenvalue weighted by Crippen LogP contribution is -2.52. The number of rotatable bonds is 15. The van der Waals surface area contributed by atoms with E-state index in [1.165, 1.54) is 27.7 Å². The lowest BCUT2D eigenvalue weighted by atomic mass is 9.96. The summed E-state index contributed by atoms with van der Waals surface area (Å²) in [6, 6.07) is 37.5. The Hall–Kier alpha value is -10.8. The number of fused-ring (bicyclic) bond motifs is 3. The number of nitrogens with zero attached hydrogens (tertiary/aromatic N) is 10. The molecule has 25 heteroatoms. The summed E-state index contributed by atoms with van der Waals surface area (Å²) in [6.07, 6.45) is 5.33. The molecule has 9 heterocycles. The van der Waals surface area contributed by atoms with Crippen LogP contribution in [0.2, 0.25) is 0 Å². The van der Waals surface area contributed by atoms with Crippen LogP contribution in [0.25, 0.3) is 32.7 Å². The van der Waals surface area contributed by atoms with Gasteiger partial charge in [-0.1, -0.05) is 90.1 Å². The number of anilines is 3. The highest BCUT2D eigenvalue weighted by Gasteiger charge is 2.35. The molecule has 0 aliphatic carbocycles. The zero-order valence-electron chi connectivity index (χ0n) is 55.8. The number of pyridine rings is 3. The van der Waals surface area contributed by atoms with Crippen LogP contribution in [0.5, 0.6) is 0 Å². The molecule has 9 aromatic rings. The molecule has 5 aromatic heterocycles. The summed E-state index contributed by atoms with van der Waals surface area (Å²) in [6.45, 7) is 13.8. The molecule has 1 N–H and O–H groups in total. The minimum atomic E-state index is -0.640. The second-order valence-electron chi connectivity index (χ2n) is 24.1. The van der Waals surface area contributed by atoms with Gasteiger partial charge >= 0.3 is 17.9 Å². The normalized spacial score (nSPS) is 15.1. The fraction of sp³-hybridized carbons (Fsp3) is 0.370. The number of hydrogen-bond acceptors (Lipinski definition) is 19. The highest BCUT2D eigenvalue weighted by Crippen LogP contribution is 2.34. The SMILES string of the molecule is CCOC(=O)c1c(N2CCN(C(=O)C3CCNCC3)CC2)c2ccccc2n(C)c1=O.CCOC(=O)c1c(N2CCN(C(=O)c3ccco3)CC2)c2ccccc2n(CCc2ccccc2)c1=O.CCOC(=O)c1c(N2CCN(C(=O)c3ccno3)CC2)c2ccccc2n(C)c1=O. The molecule has 0 spiro atoms. The highest BCUT2D eigenvalue weighted by molar-refractivity contribution is 6.08. The monoisotopic (exact) mass is 1340 g/mol. The van der Waals surface area contributed by atoms with Gasteiger partial charge in [-0.15, -0.1) is 0 Å². The number of piperazine rings is 3. The van der Waals surface area contributed by atoms with E-state index in [4.69, 9.17) is 23.2 Å². The number of esters is 3. The zero-order chi connectivity index (χ0) is 69.0.